The van der Waals surface area contributed by atoms with Gasteiger partial charge >= 0.3 is 0 Å². The van der Waals surface area contributed by atoms with E-state index in [1.54, 1.807) is 12.1 Å². The normalized spacial score (nSPS) is 12.9. The molecule has 2 rings (SSSR count). The third kappa shape index (κ3) is 3.11. The Morgan fingerprint density at radius 3 is 2.84 bits per heavy atom. The molecule has 1 atom stereocenters. The van der Waals surface area contributed by atoms with Crippen molar-refractivity contribution >= 4 is 23.1 Å². The van der Waals surface area contributed by atoms with Crippen LogP contribution in [-0.4, -0.2) is 14.7 Å². The molecule has 0 aliphatic heterocycles. The molecular formula is C13H14ClFN2OS. The summed E-state index contributed by atoms with van der Waals surface area (Å²) in [4.78, 5) is 0.689. The van der Waals surface area contributed by atoms with Crippen molar-refractivity contribution in [2.24, 2.45) is 0 Å². The summed E-state index contributed by atoms with van der Waals surface area (Å²) in [5.74, 6) is -0.306. The Balaban J connectivity index is 2.23. The zero-order valence-electron chi connectivity index (χ0n) is 10.6. The van der Waals surface area contributed by atoms with Crippen molar-refractivity contribution in [2.45, 2.75) is 32.3 Å². The molecule has 0 bridgehead atoms. The average Bonchev–Trinajstić information content (AvgIpc) is 2.84. The molecule has 6 heteroatoms. The molecule has 3 nitrogen and oxygen atoms in total. The van der Waals surface area contributed by atoms with Crippen LogP contribution in [0, 0.1) is 5.82 Å². The maximum Gasteiger partial charge on any atom is 0.145 e. The molecule has 0 saturated heterocycles. The maximum absolute atomic E-state index is 13.8. The first-order valence-electron chi connectivity index (χ1n) is 5.93. The fraction of sp³-hybridized carbons (Fsp3) is 0.385. The van der Waals surface area contributed by atoms with Gasteiger partial charge in [-0.25, -0.2) is 4.39 Å². The molecule has 0 radical (unpaired) electrons. The molecule has 0 spiro atoms. The van der Waals surface area contributed by atoms with Gasteiger partial charge in [-0.1, -0.05) is 42.1 Å². The minimum absolute atomic E-state index is 0.0659. The SMILES string of the molecule is CC(C)c1nnsc1C(O)Cc1cccc(Cl)c1F. The van der Waals surface area contributed by atoms with Crippen molar-refractivity contribution in [3.63, 3.8) is 0 Å². The van der Waals surface area contributed by atoms with E-state index in [0.29, 0.717) is 10.4 Å². The van der Waals surface area contributed by atoms with E-state index >= 15 is 0 Å². The molecule has 1 N–H and O–H groups in total. The van der Waals surface area contributed by atoms with Crippen LogP contribution >= 0.6 is 23.1 Å². The molecule has 102 valence electrons. The Kier molecular flexibility index (Phi) is 4.50. The summed E-state index contributed by atoms with van der Waals surface area (Å²) in [6.07, 6.45) is -0.652. The molecule has 19 heavy (non-hydrogen) atoms. The van der Waals surface area contributed by atoms with Gasteiger partial charge in [-0.05, 0) is 29.1 Å². The van der Waals surface area contributed by atoms with Gasteiger partial charge in [0.05, 0.1) is 21.7 Å². The summed E-state index contributed by atoms with van der Waals surface area (Å²) in [6, 6.07) is 4.77. The van der Waals surface area contributed by atoms with E-state index in [4.69, 9.17) is 11.6 Å². The van der Waals surface area contributed by atoms with Crippen LogP contribution in [0.2, 0.25) is 5.02 Å². The molecule has 1 aromatic carbocycles. The highest BCUT2D eigenvalue weighted by Gasteiger charge is 2.21. The van der Waals surface area contributed by atoms with Crippen LogP contribution in [0.5, 0.6) is 0 Å². The predicted octanol–water partition coefficient (Wildman–Crippen LogP) is 3.73. The summed E-state index contributed by atoms with van der Waals surface area (Å²) in [5.41, 5.74) is 1.16. The van der Waals surface area contributed by atoms with Crippen LogP contribution in [0.15, 0.2) is 18.2 Å². The van der Waals surface area contributed by atoms with E-state index in [9.17, 15) is 9.50 Å². The second-order valence-corrected chi connectivity index (χ2v) is 5.80. The second kappa shape index (κ2) is 5.94. The fourth-order valence-corrected chi connectivity index (χ4v) is 2.83. The highest BCUT2D eigenvalue weighted by Crippen LogP contribution is 2.30. The molecule has 0 fully saturated rings. The monoisotopic (exact) mass is 300 g/mol. The van der Waals surface area contributed by atoms with E-state index in [0.717, 1.165) is 17.2 Å². The Labute approximate surface area is 120 Å². The fourth-order valence-electron chi connectivity index (χ4n) is 1.84. The predicted molar refractivity (Wildman–Crippen MR) is 74.1 cm³/mol. The maximum atomic E-state index is 13.8. The van der Waals surface area contributed by atoms with Crippen molar-refractivity contribution in [1.82, 2.24) is 9.59 Å². The van der Waals surface area contributed by atoms with Crippen molar-refractivity contribution in [3.8, 4) is 0 Å². The van der Waals surface area contributed by atoms with E-state index in [1.165, 1.54) is 6.07 Å². The van der Waals surface area contributed by atoms with Crippen LogP contribution in [-0.2, 0) is 6.42 Å². The molecule has 0 saturated carbocycles. The number of benzene rings is 1. The molecule has 0 aliphatic rings. The first-order valence-corrected chi connectivity index (χ1v) is 7.09. The third-order valence-corrected chi connectivity index (χ3v) is 3.97. The summed E-state index contributed by atoms with van der Waals surface area (Å²) >= 11 is 6.87. The van der Waals surface area contributed by atoms with Gasteiger partial charge in [0.2, 0.25) is 0 Å². The molecule has 1 heterocycles. The Hall–Kier alpha value is -1.04. The lowest BCUT2D eigenvalue weighted by atomic mass is 10.0. The number of aliphatic hydroxyl groups is 1. The number of aliphatic hydroxyl groups excluding tert-OH is 1. The molecule has 1 unspecified atom stereocenters. The zero-order valence-corrected chi connectivity index (χ0v) is 12.2. The van der Waals surface area contributed by atoms with E-state index in [2.05, 4.69) is 9.59 Å². The van der Waals surface area contributed by atoms with Gasteiger partial charge in [-0.15, -0.1) is 5.10 Å². The quantitative estimate of drug-likeness (QED) is 0.936. The lowest BCUT2D eigenvalue weighted by Crippen LogP contribution is -2.05. The van der Waals surface area contributed by atoms with Gasteiger partial charge in [0.15, 0.2) is 0 Å². The summed E-state index contributed by atoms with van der Waals surface area (Å²) < 4.78 is 17.6. The van der Waals surface area contributed by atoms with Crippen LogP contribution in [0.1, 0.15) is 42.0 Å². The number of rotatable bonds is 4. The first kappa shape index (κ1) is 14.4. The van der Waals surface area contributed by atoms with E-state index in [1.807, 2.05) is 13.8 Å². The second-order valence-electron chi connectivity index (χ2n) is 4.61. The van der Waals surface area contributed by atoms with Gasteiger partial charge in [-0.2, -0.15) is 0 Å². The van der Waals surface area contributed by atoms with Crippen molar-refractivity contribution < 1.29 is 9.50 Å². The zero-order chi connectivity index (χ0) is 14.0. The number of aromatic nitrogens is 2. The highest BCUT2D eigenvalue weighted by molar-refractivity contribution is 7.05. The topological polar surface area (TPSA) is 46.0 Å². The summed E-state index contributed by atoms with van der Waals surface area (Å²) in [7, 11) is 0. The van der Waals surface area contributed by atoms with Crippen LogP contribution in [0.3, 0.4) is 0 Å². The van der Waals surface area contributed by atoms with Gasteiger partial charge in [0.1, 0.15) is 5.82 Å². The van der Waals surface area contributed by atoms with Gasteiger partial charge < -0.3 is 5.11 Å². The molecule has 0 amide bonds. The number of nitrogens with zero attached hydrogens (tertiary/aromatic N) is 2. The standard InChI is InChI=1S/C13H14ClFN2OS/c1-7(2)12-13(19-17-16-12)10(18)6-8-4-3-5-9(14)11(8)15/h3-5,7,10,18H,6H2,1-2H3. The average molecular weight is 301 g/mol. The molecule has 2 aromatic rings. The minimum atomic E-state index is -0.814. The lowest BCUT2D eigenvalue weighted by molar-refractivity contribution is 0.179. The smallest absolute Gasteiger partial charge is 0.145 e. The number of hydrogen-bond acceptors (Lipinski definition) is 4. The molecule has 0 aliphatic carbocycles. The van der Waals surface area contributed by atoms with Crippen molar-refractivity contribution in [2.75, 3.05) is 0 Å². The molecule has 1 aromatic heterocycles. The summed E-state index contributed by atoms with van der Waals surface area (Å²) in [6.45, 7) is 3.96. The van der Waals surface area contributed by atoms with Gasteiger partial charge in [0, 0.05) is 6.42 Å². The van der Waals surface area contributed by atoms with Gasteiger partial charge in [-0.3, -0.25) is 0 Å². The van der Waals surface area contributed by atoms with Crippen LogP contribution < -0.4 is 0 Å². The minimum Gasteiger partial charge on any atom is -0.387 e. The first-order chi connectivity index (χ1) is 9.00. The van der Waals surface area contributed by atoms with Crippen LogP contribution in [0.4, 0.5) is 4.39 Å². The molecular weight excluding hydrogens is 287 g/mol. The highest BCUT2D eigenvalue weighted by atomic mass is 35.5. The Bertz CT molecular complexity index is 574. The van der Waals surface area contributed by atoms with Gasteiger partial charge in [0.25, 0.3) is 0 Å². The summed E-state index contributed by atoms with van der Waals surface area (Å²) in [5, 5.41) is 14.3. The number of halogens is 2. The number of hydrogen-bond donors (Lipinski definition) is 1. The Morgan fingerprint density at radius 1 is 1.42 bits per heavy atom. The lowest BCUT2D eigenvalue weighted by Gasteiger charge is -2.12. The third-order valence-electron chi connectivity index (χ3n) is 2.83. The van der Waals surface area contributed by atoms with Crippen molar-refractivity contribution in [3.05, 3.63) is 45.2 Å². The van der Waals surface area contributed by atoms with E-state index in [-0.39, 0.29) is 17.4 Å². The van der Waals surface area contributed by atoms with Crippen molar-refractivity contribution in [1.29, 1.82) is 0 Å². The Morgan fingerprint density at radius 2 is 2.16 bits per heavy atom. The largest absolute Gasteiger partial charge is 0.387 e. The van der Waals surface area contributed by atoms with E-state index < -0.39 is 11.9 Å². The van der Waals surface area contributed by atoms with Crippen LogP contribution in [0.25, 0.3) is 0 Å².